The van der Waals surface area contributed by atoms with E-state index in [2.05, 4.69) is 0 Å². The lowest BCUT2D eigenvalue weighted by Crippen LogP contribution is -2.35. The van der Waals surface area contributed by atoms with Gasteiger partial charge in [-0.1, -0.05) is 12.1 Å². The number of aliphatic hydroxyl groups is 1. The van der Waals surface area contributed by atoms with E-state index in [0.717, 1.165) is 11.1 Å². The summed E-state index contributed by atoms with van der Waals surface area (Å²) in [5.41, 5.74) is 2.08. The van der Waals surface area contributed by atoms with Crippen molar-refractivity contribution in [2.45, 2.75) is 13.0 Å². The van der Waals surface area contributed by atoms with Crippen molar-refractivity contribution < 1.29 is 24.2 Å². The Morgan fingerprint density at radius 3 is 2.29 bits per heavy atom. The molecule has 3 rings (SSSR count). The van der Waals surface area contributed by atoms with E-state index in [1.54, 1.807) is 44.6 Å². The number of Topliss-reactive ketones (excluding diaryl/α,β-unsaturated/α-hetero) is 1. The minimum Gasteiger partial charge on any atom is -0.507 e. The van der Waals surface area contributed by atoms with Gasteiger partial charge in [-0.3, -0.25) is 9.59 Å². The molecular weight excluding hydrogens is 396 g/mol. The van der Waals surface area contributed by atoms with Crippen molar-refractivity contribution in [1.82, 2.24) is 9.80 Å². The first-order valence-corrected chi connectivity index (χ1v) is 10.0. The van der Waals surface area contributed by atoms with Gasteiger partial charge >= 0.3 is 0 Å². The molecule has 7 heteroatoms. The van der Waals surface area contributed by atoms with Gasteiger partial charge in [0.15, 0.2) is 0 Å². The van der Waals surface area contributed by atoms with Crippen molar-refractivity contribution in [3.8, 4) is 11.5 Å². The number of ketones is 1. The standard InChI is InChI=1S/C24H28N2O5/c1-15-14-17(8-11-19(15)31-5)22(27)20-21(16-6-9-18(30-4)10-7-16)26(13-12-25(2)3)24(29)23(20)28/h6-11,14,21,27H,12-13H2,1-5H3/t21-/m1/s1. The average Bonchev–Trinajstić information content (AvgIpc) is 3.01. The molecule has 0 unspecified atom stereocenters. The van der Waals surface area contributed by atoms with Crippen LogP contribution in [0.4, 0.5) is 0 Å². The van der Waals surface area contributed by atoms with Crippen molar-refractivity contribution >= 4 is 17.4 Å². The predicted molar refractivity (Wildman–Crippen MR) is 118 cm³/mol. The van der Waals surface area contributed by atoms with E-state index in [9.17, 15) is 14.7 Å². The Morgan fingerprint density at radius 1 is 1.06 bits per heavy atom. The van der Waals surface area contributed by atoms with Crippen LogP contribution in [-0.2, 0) is 9.59 Å². The number of aryl methyl sites for hydroxylation is 1. The molecule has 31 heavy (non-hydrogen) atoms. The van der Waals surface area contributed by atoms with Crippen molar-refractivity contribution in [1.29, 1.82) is 0 Å². The molecule has 1 saturated heterocycles. The van der Waals surface area contributed by atoms with Crippen LogP contribution in [0.2, 0.25) is 0 Å². The van der Waals surface area contributed by atoms with Crippen molar-refractivity contribution in [2.75, 3.05) is 41.4 Å². The van der Waals surface area contributed by atoms with Crippen LogP contribution < -0.4 is 9.47 Å². The smallest absolute Gasteiger partial charge is 0.295 e. The molecule has 7 nitrogen and oxygen atoms in total. The molecule has 0 saturated carbocycles. The molecule has 1 fully saturated rings. The third kappa shape index (κ3) is 4.41. The monoisotopic (exact) mass is 424 g/mol. The number of carbonyl (C=O) groups is 2. The molecule has 0 radical (unpaired) electrons. The van der Waals surface area contributed by atoms with E-state index >= 15 is 0 Å². The summed E-state index contributed by atoms with van der Waals surface area (Å²) >= 11 is 0. The molecule has 0 aromatic heterocycles. The summed E-state index contributed by atoms with van der Waals surface area (Å²) in [7, 11) is 6.95. The maximum atomic E-state index is 13.0. The summed E-state index contributed by atoms with van der Waals surface area (Å²) in [6.07, 6.45) is 0. The Kier molecular flexibility index (Phi) is 6.65. The van der Waals surface area contributed by atoms with Gasteiger partial charge < -0.3 is 24.4 Å². The molecule has 1 heterocycles. The normalized spacial score (nSPS) is 18.0. The van der Waals surface area contributed by atoms with Gasteiger partial charge in [-0.2, -0.15) is 0 Å². The van der Waals surface area contributed by atoms with E-state index in [0.29, 0.717) is 30.2 Å². The van der Waals surface area contributed by atoms with Crippen LogP contribution in [0, 0.1) is 6.92 Å². The highest BCUT2D eigenvalue weighted by atomic mass is 16.5. The minimum atomic E-state index is -0.689. The Balaban J connectivity index is 2.14. The molecule has 1 aliphatic rings. The maximum absolute atomic E-state index is 13.0. The highest BCUT2D eigenvalue weighted by molar-refractivity contribution is 6.46. The average molecular weight is 424 g/mol. The molecule has 1 amide bonds. The highest BCUT2D eigenvalue weighted by Gasteiger charge is 2.45. The maximum Gasteiger partial charge on any atom is 0.295 e. The summed E-state index contributed by atoms with van der Waals surface area (Å²) in [4.78, 5) is 29.4. The second kappa shape index (κ2) is 9.22. The summed E-state index contributed by atoms with van der Waals surface area (Å²) in [6.45, 7) is 2.79. The molecule has 2 aromatic rings. The van der Waals surface area contributed by atoms with Crippen molar-refractivity contribution in [2.24, 2.45) is 0 Å². The zero-order valence-electron chi connectivity index (χ0n) is 18.5. The number of methoxy groups -OCH3 is 2. The lowest BCUT2D eigenvalue weighted by Gasteiger charge is -2.26. The number of rotatable bonds is 7. The first-order valence-electron chi connectivity index (χ1n) is 10.0. The number of carbonyl (C=O) groups excluding carboxylic acids is 2. The van der Waals surface area contributed by atoms with Gasteiger partial charge in [0.2, 0.25) is 0 Å². The number of benzene rings is 2. The van der Waals surface area contributed by atoms with Gasteiger partial charge in [-0.05, 0) is 62.5 Å². The molecule has 1 atom stereocenters. The van der Waals surface area contributed by atoms with Gasteiger partial charge in [0.25, 0.3) is 11.7 Å². The number of nitrogens with zero attached hydrogens (tertiary/aromatic N) is 2. The number of aliphatic hydroxyl groups excluding tert-OH is 1. The zero-order chi connectivity index (χ0) is 22.7. The zero-order valence-corrected chi connectivity index (χ0v) is 18.5. The summed E-state index contributed by atoms with van der Waals surface area (Å²) in [5, 5.41) is 11.1. The van der Waals surface area contributed by atoms with Gasteiger partial charge in [-0.25, -0.2) is 0 Å². The molecule has 1 aliphatic heterocycles. The third-order valence-electron chi connectivity index (χ3n) is 5.43. The van der Waals surface area contributed by atoms with Crippen molar-refractivity contribution in [3.05, 3.63) is 64.7 Å². The first-order chi connectivity index (χ1) is 14.8. The number of ether oxygens (including phenoxy) is 2. The van der Waals surface area contributed by atoms with Crippen LogP contribution in [0.5, 0.6) is 11.5 Å². The van der Waals surface area contributed by atoms with Gasteiger partial charge in [0.05, 0.1) is 25.8 Å². The van der Waals surface area contributed by atoms with E-state index in [1.807, 2.05) is 38.1 Å². The largest absolute Gasteiger partial charge is 0.507 e. The fourth-order valence-electron chi connectivity index (χ4n) is 3.73. The van der Waals surface area contributed by atoms with Crippen molar-refractivity contribution in [3.63, 3.8) is 0 Å². The fourth-order valence-corrected chi connectivity index (χ4v) is 3.73. The summed E-state index contributed by atoms with van der Waals surface area (Å²) in [5.74, 6) is -0.160. The van der Waals surface area contributed by atoms with Gasteiger partial charge in [-0.15, -0.1) is 0 Å². The predicted octanol–water partition coefficient (Wildman–Crippen LogP) is 3.00. The van der Waals surface area contributed by atoms with Crippen LogP contribution in [-0.4, -0.2) is 68.0 Å². The first kappa shape index (κ1) is 22.4. The number of likely N-dealkylation sites (N-methyl/N-ethyl adjacent to an activating group) is 1. The Hall–Kier alpha value is -3.32. The quantitative estimate of drug-likeness (QED) is 0.418. The molecular formula is C24H28N2O5. The van der Waals surface area contributed by atoms with E-state index in [1.165, 1.54) is 4.90 Å². The molecule has 1 N–H and O–H groups in total. The molecule has 0 spiro atoms. The van der Waals surface area contributed by atoms with E-state index < -0.39 is 17.7 Å². The van der Waals surface area contributed by atoms with Crippen LogP contribution in [0.1, 0.15) is 22.7 Å². The molecule has 0 aliphatic carbocycles. The Morgan fingerprint density at radius 2 is 1.74 bits per heavy atom. The molecule has 164 valence electrons. The van der Waals surface area contributed by atoms with Crippen LogP contribution >= 0.6 is 0 Å². The number of hydrogen-bond acceptors (Lipinski definition) is 6. The van der Waals surface area contributed by atoms with Crippen LogP contribution in [0.25, 0.3) is 5.76 Å². The summed E-state index contributed by atoms with van der Waals surface area (Å²) in [6, 6.07) is 11.6. The fraction of sp³-hybridized carbons (Fsp3) is 0.333. The van der Waals surface area contributed by atoms with Crippen LogP contribution in [0.3, 0.4) is 0 Å². The second-order valence-electron chi connectivity index (χ2n) is 7.75. The topological polar surface area (TPSA) is 79.3 Å². The van der Waals surface area contributed by atoms with E-state index in [-0.39, 0.29) is 11.3 Å². The number of hydrogen-bond donors (Lipinski definition) is 1. The Labute approximate surface area is 182 Å². The highest BCUT2D eigenvalue weighted by Crippen LogP contribution is 2.40. The van der Waals surface area contributed by atoms with Gasteiger partial charge in [0, 0.05) is 18.7 Å². The second-order valence-corrected chi connectivity index (χ2v) is 7.75. The van der Waals surface area contributed by atoms with E-state index in [4.69, 9.17) is 9.47 Å². The minimum absolute atomic E-state index is 0.0819. The Bertz CT molecular complexity index is 1010. The number of amides is 1. The lowest BCUT2D eigenvalue weighted by molar-refractivity contribution is -0.140. The van der Waals surface area contributed by atoms with Gasteiger partial charge in [0.1, 0.15) is 17.3 Å². The number of likely N-dealkylation sites (tertiary alicyclic amines) is 1. The SMILES string of the molecule is COc1ccc([C@@H]2C(=C(O)c3ccc(OC)c(C)c3)C(=O)C(=O)N2CCN(C)C)cc1. The summed E-state index contributed by atoms with van der Waals surface area (Å²) < 4.78 is 10.5. The lowest BCUT2D eigenvalue weighted by atomic mass is 9.94. The molecule has 2 aromatic carbocycles. The van der Waals surface area contributed by atoms with Crippen LogP contribution in [0.15, 0.2) is 48.0 Å². The molecule has 0 bridgehead atoms. The third-order valence-corrected chi connectivity index (χ3v) is 5.43.